The Kier molecular flexibility index (Phi) is 7.18. The van der Waals surface area contributed by atoms with Crippen LogP contribution in [0, 0.1) is 5.92 Å². The molecule has 1 aromatic carbocycles. The topological polar surface area (TPSA) is 139 Å². The van der Waals surface area contributed by atoms with Crippen molar-refractivity contribution in [3.05, 3.63) is 29.8 Å². The predicted molar refractivity (Wildman–Crippen MR) is 88.9 cm³/mol. The first-order valence-corrected chi connectivity index (χ1v) is 9.03. The Morgan fingerprint density at radius 1 is 1.21 bits per heavy atom. The first kappa shape index (κ1) is 19.9. The largest absolute Gasteiger partial charge is 0.480 e. The lowest BCUT2D eigenvalue weighted by Gasteiger charge is -2.16. The monoisotopic (exact) mass is 357 g/mol. The lowest BCUT2D eigenvalue weighted by atomic mass is 10.0. The van der Waals surface area contributed by atoms with Crippen LogP contribution >= 0.6 is 0 Å². The number of primary sulfonamides is 1. The second-order valence-corrected chi connectivity index (χ2v) is 7.42. The normalized spacial score (nSPS) is 12.7. The van der Waals surface area contributed by atoms with Gasteiger partial charge < -0.3 is 15.7 Å². The number of urea groups is 1. The van der Waals surface area contributed by atoms with E-state index < -0.39 is 28.1 Å². The first-order chi connectivity index (χ1) is 11.1. The van der Waals surface area contributed by atoms with E-state index in [0.717, 1.165) is 5.56 Å². The average Bonchev–Trinajstić information content (AvgIpc) is 2.45. The summed E-state index contributed by atoms with van der Waals surface area (Å²) in [6.45, 7) is 4.04. The third kappa shape index (κ3) is 6.97. The molecule has 5 N–H and O–H groups in total. The third-order valence-electron chi connectivity index (χ3n) is 3.26. The van der Waals surface area contributed by atoms with Gasteiger partial charge in [0.15, 0.2) is 0 Å². The standard InChI is InChI=1S/C15H23N3O5S/c1-10(2)9-13(14(19)20)18-15(21)17-8-7-11-3-5-12(6-4-11)24(16,22)23/h3-6,10,13H,7-9H2,1-2H3,(H,19,20)(H2,16,22,23)(H2,17,18,21). The number of sulfonamides is 1. The quantitative estimate of drug-likeness (QED) is 0.542. The lowest BCUT2D eigenvalue weighted by Crippen LogP contribution is -2.47. The third-order valence-corrected chi connectivity index (χ3v) is 4.19. The number of carboxylic acids is 1. The molecule has 0 heterocycles. The molecule has 0 bridgehead atoms. The number of aliphatic carboxylic acids is 1. The molecule has 0 aliphatic heterocycles. The number of benzene rings is 1. The molecule has 1 atom stereocenters. The van der Waals surface area contributed by atoms with Gasteiger partial charge in [-0.05, 0) is 36.5 Å². The van der Waals surface area contributed by atoms with Crippen LogP contribution < -0.4 is 15.8 Å². The van der Waals surface area contributed by atoms with Gasteiger partial charge in [-0.25, -0.2) is 23.1 Å². The van der Waals surface area contributed by atoms with E-state index in [1.807, 2.05) is 13.8 Å². The lowest BCUT2D eigenvalue weighted by molar-refractivity contribution is -0.139. The molecule has 0 saturated carbocycles. The van der Waals surface area contributed by atoms with E-state index in [1.54, 1.807) is 12.1 Å². The van der Waals surface area contributed by atoms with Gasteiger partial charge in [-0.15, -0.1) is 0 Å². The summed E-state index contributed by atoms with van der Waals surface area (Å²) in [5.41, 5.74) is 0.819. The van der Waals surface area contributed by atoms with E-state index in [4.69, 9.17) is 10.2 Å². The van der Waals surface area contributed by atoms with Gasteiger partial charge >= 0.3 is 12.0 Å². The number of nitrogens with one attached hydrogen (secondary N) is 2. The molecule has 0 aliphatic rings. The van der Waals surface area contributed by atoms with E-state index in [2.05, 4.69) is 10.6 Å². The van der Waals surface area contributed by atoms with Crippen LogP contribution in [0.5, 0.6) is 0 Å². The van der Waals surface area contributed by atoms with Gasteiger partial charge in [-0.3, -0.25) is 0 Å². The smallest absolute Gasteiger partial charge is 0.326 e. The Morgan fingerprint density at radius 2 is 1.79 bits per heavy atom. The van der Waals surface area contributed by atoms with Crippen LogP contribution in [-0.4, -0.2) is 38.1 Å². The zero-order valence-corrected chi connectivity index (χ0v) is 14.5. The van der Waals surface area contributed by atoms with Crippen molar-refractivity contribution in [3.8, 4) is 0 Å². The summed E-state index contributed by atoms with van der Waals surface area (Å²) in [6.07, 6.45) is 0.817. The van der Waals surface area contributed by atoms with Crippen LogP contribution in [0.15, 0.2) is 29.2 Å². The van der Waals surface area contributed by atoms with Crippen molar-refractivity contribution in [3.63, 3.8) is 0 Å². The second kappa shape index (κ2) is 8.65. The Labute approximate surface area is 141 Å². The molecule has 134 valence electrons. The van der Waals surface area contributed by atoms with Crippen molar-refractivity contribution in [1.82, 2.24) is 10.6 Å². The van der Waals surface area contributed by atoms with Crippen LogP contribution in [0.25, 0.3) is 0 Å². The highest BCUT2D eigenvalue weighted by atomic mass is 32.2. The van der Waals surface area contributed by atoms with Crippen molar-refractivity contribution in [1.29, 1.82) is 0 Å². The fourth-order valence-electron chi connectivity index (χ4n) is 2.07. The minimum absolute atomic E-state index is 0.0231. The van der Waals surface area contributed by atoms with Crippen molar-refractivity contribution in [2.24, 2.45) is 11.1 Å². The van der Waals surface area contributed by atoms with Crippen molar-refractivity contribution < 1.29 is 23.1 Å². The first-order valence-electron chi connectivity index (χ1n) is 7.48. The average molecular weight is 357 g/mol. The number of nitrogens with two attached hydrogens (primary N) is 1. The summed E-state index contributed by atoms with van der Waals surface area (Å²) < 4.78 is 22.3. The molecule has 2 amide bonds. The van der Waals surface area contributed by atoms with E-state index in [0.29, 0.717) is 12.8 Å². The molecule has 1 aromatic rings. The molecule has 0 spiro atoms. The molecule has 24 heavy (non-hydrogen) atoms. The van der Waals surface area contributed by atoms with Gasteiger partial charge in [-0.1, -0.05) is 26.0 Å². The van der Waals surface area contributed by atoms with Gasteiger partial charge in [0.05, 0.1) is 4.90 Å². The number of rotatable bonds is 8. The minimum atomic E-state index is -3.72. The highest BCUT2D eigenvalue weighted by Crippen LogP contribution is 2.09. The SMILES string of the molecule is CC(C)CC(NC(=O)NCCc1ccc(S(N)(=O)=O)cc1)C(=O)O. The molecule has 0 aromatic heterocycles. The molecular weight excluding hydrogens is 334 g/mol. The molecule has 8 nitrogen and oxygen atoms in total. The van der Waals surface area contributed by atoms with Gasteiger partial charge in [0.1, 0.15) is 6.04 Å². The molecule has 9 heteroatoms. The maximum atomic E-state index is 11.7. The van der Waals surface area contributed by atoms with Crippen LogP contribution in [-0.2, 0) is 21.2 Å². The Balaban J connectivity index is 2.46. The fourth-order valence-corrected chi connectivity index (χ4v) is 2.58. The summed E-state index contributed by atoms with van der Waals surface area (Å²) in [6, 6.07) is 4.53. The highest BCUT2D eigenvalue weighted by Gasteiger charge is 2.20. The number of amides is 2. The Bertz CT molecular complexity index is 671. The molecule has 0 radical (unpaired) electrons. The summed E-state index contributed by atoms with van der Waals surface area (Å²) in [7, 11) is -3.72. The van der Waals surface area contributed by atoms with Crippen LogP contribution in [0.3, 0.4) is 0 Å². The van der Waals surface area contributed by atoms with Crippen LogP contribution in [0.4, 0.5) is 4.79 Å². The second-order valence-electron chi connectivity index (χ2n) is 5.86. The van der Waals surface area contributed by atoms with Crippen molar-refractivity contribution >= 4 is 22.0 Å². The molecule has 0 saturated heterocycles. The summed E-state index contributed by atoms with van der Waals surface area (Å²) in [5, 5.41) is 19.1. The van der Waals surface area contributed by atoms with E-state index in [-0.39, 0.29) is 17.4 Å². The number of carboxylic acid groups (broad SMARTS) is 1. The summed E-state index contributed by atoms with van der Waals surface area (Å²) in [4.78, 5) is 22.8. The number of hydrogen-bond donors (Lipinski definition) is 4. The van der Waals surface area contributed by atoms with Crippen molar-refractivity contribution in [2.75, 3.05) is 6.54 Å². The molecule has 0 aliphatic carbocycles. The molecule has 1 rings (SSSR count). The molecular formula is C15H23N3O5S. The zero-order valence-electron chi connectivity index (χ0n) is 13.7. The minimum Gasteiger partial charge on any atom is -0.480 e. The Hall–Kier alpha value is -2.13. The molecule has 1 unspecified atom stereocenters. The predicted octanol–water partition coefficient (Wildman–Crippen LogP) is 0.675. The van der Waals surface area contributed by atoms with E-state index in [1.165, 1.54) is 12.1 Å². The fraction of sp³-hybridized carbons (Fsp3) is 0.467. The maximum Gasteiger partial charge on any atom is 0.326 e. The van der Waals surface area contributed by atoms with E-state index >= 15 is 0 Å². The Morgan fingerprint density at radius 3 is 2.25 bits per heavy atom. The van der Waals surface area contributed by atoms with Gasteiger partial charge in [0.25, 0.3) is 0 Å². The van der Waals surface area contributed by atoms with Gasteiger partial charge in [0.2, 0.25) is 10.0 Å². The van der Waals surface area contributed by atoms with Crippen LogP contribution in [0.1, 0.15) is 25.8 Å². The van der Waals surface area contributed by atoms with Gasteiger partial charge in [0, 0.05) is 6.54 Å². The number of hydrogen-bond acceptors (Lipinski definition) is 4. The molecule has 0 fully saturated rings. The van der Waals surface area contributed by atoms with E-state index in [9.17, 15) is 18.0 Å². The zero-order chi connectivity index (χ0) is 18.3. The van der Waals surface area contributed by atoms with Crippen molar-refractivity contribution in [2.45, 2.75) is 37.6 Å². The highest BCUT2D eigenvalue weighted by molar-refractivity contribution is 7.89. The maximum absolute atomic E-state index is 11.7. The summed E-state index contributed by atoms with van der Waals surface area (Å²) in [5.74, 6) is -0.929. The van der Waals surface area contributed by atoms with Gasteiger partial charge in [-0.2, -0.15) is 0 Å². The number of carbonyl (C=O) groups is 2. The summed E-state index contributed by atoms with van der Waals surface area (Å²) >= 11 is 0. The number of carbonyl (C=O) groups excluding carboxylic acids is 1. The van der Waals surface area contributed by atoms with Crippen LogP contribution in [0.2, 0.25) is 0 Å².